The van der Waals surface area contributed by atoms with E-state index < -0.39 is 5.97 Å². The molecule has 0 radical (unpaired) electrons. The second-order valence-electron chi connectivity index (χ2n) is 10.4. The lowest BCUT2D eigenvalue weighted by molar-refractivity contribution is -0.145. The van der Waals surface area contributed by atoms with Gasteiger partial charge >= 0.3 is 5.97 Å². The molecule has 0 aromatic heterocycles. The summed E-state index contributed by atoms with van der Waals surface area (Å²) < 4.78 is 6.46. The lowest BCUT2D eigenvalue weighted by atomic mass is 9.72. The molecular weight excluding hydrogens is 374 g/mol. The minimum atomic E-state index is -0.668. The van der Waals surface area contributed by atoms with Crippen LogP contribution in [0.5, 0.6) is 5.75 Å². The number of carboxylic acids is 1. The molecule has 0 heterocycles. The zero-order valence-corrected chi connectivity index (χ0v) is 18.5. The van der Waals surface area contributed by atoms with Crippen LogP contribution in [0.1, 0.15) is 64.9 Å². The van der Waals surface area contributed by atoms with Crippen molar-refractivity contribution in [2.75, 3.05) is 0 Å². The third kappa shape index (κ3) is 4.80. The summed E-state index contributed by atoms with van der Waals surface area (Å²) in [7, 11) is 0. The van der Waals surface area contributed by atoms with E-state index in [4.69, 9.17) is 9.84 Å². The molecule has 2 aromatic rings. The third-order valence-corrected chi connectivity index (χ3v) is 7.18. The largest absolute Gasteiger partial charge is 0.490 e. The summed E-state index contributed by atoms with van der Waals surface area (Å²) in [5.74, 6) is 0.950. The molecule has 0 aliphatic heterocycles. The van der Waals surface area contributed by atoms with Crippen LogP contribution in [0.4, 0.5) is 0 Å². The Morgan fingerprint density at radius 1 is 1.10 bits per heavy atom. The first-order chi connectivity index (χ1) is 14.3. The van der Waals surface area contributed by atoms with Gasteiger partial charge in [-0.15, -0.1) is 0 Å². The highest BCUT2D eigenvalue weighted by atomic mass is 16.5. The molecule has 4 heteroatoms. The highest BCUT2D eigenvalue weighted by Crippen LogP contribution is 2.39. The van der Waals surface area contributed by atoms with Crippen LogP contribution in [-0.4, -0.2) is 23.2 Å². The van der Waals surface area contributed by atoms with Gasteiger partial charge in [0.2, 0.25) is 0 Å². The van der Waals surface area contributed by atoms with Crippen molar-refractivity contribution in [3.05, 3.63) is 42.0 Å². The normalized spacial score (nSPS) is 26.9. The van der Waals surface area contributed by atoms with E-state index in [0.717, 1.165) is 43.9 Å². The molecule has 4 nitrogen and oxygen atoms in total. The molecule has 162 valence electrons. The van der Waals surface area contributed by atoms with E-state index in [-0.39, 0.29) is 5.92 Å². The first kappa shape index (κ1) is 21.2. The molecule has 2 saturated carbocycles. The van der Waals surface area contributed by atoms with Crippen LogP contribution < -0.4 is 10.1 Å². The number of carbonyl (C=O) groups is 1. The highest BCUT2D eigenvalue weighted by molar-refractivity contribution is 5.88. The molecule has 0 bridgehead atoms. The number of ether oxygens (including phenoxy) is 1. The standard InChI is InChI=1S/C26H35NO3/c1-26(2,3)20-8-10-22(11-9-20)30-24-6-4-5-18-13-17(7-12-23(18)24)16-27-21-14-19(15-21)25(28)29/h4-7,12-13,19-22,27H,8-11,14-16H2,1-3H3,(H,28,29)/t19?,20-,21?,22-. The van der Waals surface area contributed by atoms with Crippen LogP contribution in [0.15, 0.2) is 36.4 Å². The van der Waals surface area contributed by atoms with Crippen LogP contribution in [0.25, 0.3) is 10.8 Å². The molecule has 2 fully saturated rings. The Hall–Kier alpha value is -2.07. The lowest BCUT2D eigenvalue weighted by Gasteiger charge is -2.37. The summed E-state index contributed by atoms with van der Waals surface area (Å²) in [6.45, 7) is 7.83. The molecule has 0 atom stereocenters. The zero-order chi connectivity index (χ0) is 21.3. The number of aliphatic carboxylic acids is 1. The number of carboxylic acid groups (broad SMARTS) is 1. The predicted octanol–water partition coefficient (Wildman–Crippen LogP) is 5.78. The van der Waals surface area contributed by atoms with E-state index in [1.165, 1.54) is 29.2 Å². The third-order valence-electron chi connectivity index (χ3n) is 7.18. The number of hydrogen-bond acceptors (Lipinski definition) is 3. The average molecular weight is 410 g/mol. The second kappa shape index (κ2) is 8.58. The van der Waals surface area contributed by atoms with Gasteiger partial charge in [-0.05, 0) is 72.9 Å². The van der Waals surface area contributed by atoms with E-state index in [9.17, 15) is 4.79 Å². The van der Waals surface area contributed by atoms with E-state index in [2.05, 4.69) is 62.5 Å². The maximum atomic E-state index is 10.9. The number of hydrogen-bond donors (Lipinski definition) is 2. The smallest absolute Gasteiger partial charge is 0.306 e. The van der Waals surface area contributed by atoms with Gasteiger partial charge in [0.15, 0.2) is 0 Å². The first-order valence-electron chi connectivity index (χ1n) is 11.4. The Kier molecular flexibility index (Phi) is 6.06. The summed E-state index contributed by atoms with van der Waals surface area (Å²) in [4.78, 5) is 10.9. The van der Waals surface area contributed by atoms with Gasteiger partial charge in [-0.1, -0.05) is 45.0 Å². The number of rotatable bonds is 6. The molecule has 2 N–H and O–H groups in total. The van der Waals surface area contributed by atoms with Gasteiger partial charge in [0, 0.05) is 18.0 Å². The first-order valence-corrected chi connectivity index (χ1v) is 11.4. The van der Waals surface area contributed by atoms with Crippen molar-refractivity contribution in [1.29, 1.82) is 0 Å². The summed E-state index contributed by atoms with van der Waals surface area (Å²) in [5, 5.41) is 14.9. The van der Waals surface area contributed by atoms with Crippen molar-refractivity contribution in [3.8, 4) is 5.75 Å². The van der Waals surface area contributed by atoms with Gasteiger partial charge < -0.3 is 15.2 Å². The Balaban J connectivity index is 1.36. The monoisotopic (exact) mass is 409 g/mol. The second-order valence-corrected chi connectivity index (χ2v) is 10.4. The maximum Gasteiger partial charge on any atom is 0.306 e. The average Bonchev–Trinajstić information content (AvgIpc) is 2.66. The van der Waals surface area contributed by atoms with Crippen LogP contribution in [0, 0.1) is 17.3 Å². The summed E-state index contributed by atoms with van der Waals surface area (Å²) in [6.07, 6.45) is 6.56. The molecule has 0 unspecified atom stereocenters. The topological polar surface area (TPSA) is 58.6 Å². The minimum absolute atomic E-state index is 0.169. The fraction of sp³-hybridized carbons (Fsp3) is 0.577. The lowest BCUT2D eigenvalue weighted by Crippen LogP contribution is -2.43. The Morgan fingerprint density at radius 2 is 1.83 bits per heavy atom. The maximum absolute atomic E-state index is 10.9. The summed E-state index contributed by atoms with van der Waals surface area (Å²) in [6, 6.07) is 13.2. The molecular formula is C26H35NO3. The molecule has 4 rings (SSSR count). The van der Waals surface area contributed by atoms with Crippen molar-refractivity contribution >= 4 is 16.7 Å². The fourth-order valence-electron chi connectivity index (χ4n) is 4.99. The van der Waals surface area contributed by atoms with Gasteiger partial charge in [0.25, 0.3) is 0 Å². The Bertz CT molecular complexity index is 887. The molecule has 2 aliphatic carbocycles. The van der Waals surface area contributed by atoms with E-state index >= 15 is 0 Å². The fourth-order valence-corrected chi connectivity index (χ4v) is 4.99. The van der Waals surface area contributed by atoms with Crippen molar-refractivity contribution in [2.45, 2.75) is 78.0 Å². The Morgan fingerprint density at radius 3 is 2.50 bits per heavy atom. The number of nitrogens with one attached hydrogen (secondary N) is 1. The van der Waals surface area contributed by atoms with E-state index in [1.54, 1.807) is 0 Å². The van der Waals surface area contributed by atoms with Gasteiger partial charge in [-0.2, -0.15) is 0 Å². The quantitative estimate of drug-likeness (QED) is 0.635. The zero-order valence-electron chi connectivity index (χ0n) is 18.5. The van der Waals surface area contributed by atoms with Crippen LogP contribution >= 0.6 is 0 Å². The minimum Gasteiger partial charge on any atom is -0.490 e. The van der Waals surface area contributed by atoms with Gasteiger partial charge in [-0.3, -0.25) is 4.79 Å². The summed E-state index contributed by atoms with van der Waals surface area (Å²) >= 11 is 0. The highest BCUT2D eigenvalue weighted by Gasteiger charge is 2.34. The van der Waals surface area contributed by atoms with Crippen LogP contribution in [-0.2, 0) is 11.3 Å². The predicted molar refractivity (Wildman–Crippen MR) is 121 cm³/mol. The van der Waals surface area contributed by atoms with E-state index in [0.29, 0.717) is 17.6 Å². The molecule has 0 amide bonds. The van der Waals surface area contributed by atoms with Gasteiger partial charge in [0.1, 0.15) is 5.75 Å². The molecule has 2 aromatic carbocycles. The van der Waals surface area contributed by atoms with Crippen LogP contribution in [0.2, 0.25) is 0 Å². The van der Waals surface area contributed by atoms with Gasteiger partial charge in [0.05, 0.1) is 12.0 Å². The SMILES string of the molecule is CC(C)(C)[C@H]1CC[C@H](Oc2cccc3cc(CNC4CC(C(=O)O)C4)ccc23)CC1. The molecule has 30 heavy (non-hydrogen) atoms. The van der Waals surface area contributed by atoms with Crippen molar-refractivity contribution in [1.82, 2.24) is 5.32 Å². The molecule has 2 aliphatic rings. The summed E-state index contributed by atoms with van der Waals surface area (Å²) in [5.41, 5.74) is 1.62. The van der Waals surface area contributed by atoms with Crippen molar-refractivity contribution in [3.63, 3.8) is 0 Å². The number of benzene rings is 2. The number of fused-ring (bicyclic) bond motifs is 1. The van der Waals surface area contributed by atoms with Crippen molar-refractivity contribution < 1.29 is 14.6 Å². The molecule has 0 spiro atoms. The van der Waals surface area contributed by atoms with E-state index in [1.807, 2.05) is 0 Å². The van der Waals surface area contributed by atoms with Crippen LogP contribution in [0.3, 0.4) is 0 Å². The van der Waals surface area contributed by atoms with Crippen molar-refractivity contribution in [2.24, 2.45) is 17.3 Å². The molecule has 0 saturated heterocycles. The van der Waals surface area contributed by atoms with Gasteiger partial charge in [-0.25, -0.2) is 0 Å². The Labute approximate surface area is 180 Å².